The van der Waals surface area contributed by atoms with E-state index in [1.165, 1.54) is 20.3 Å². The van der Waals surface area contributed by atoms with Gasteiger partial charge in [-0.3, -0.25) is 14.4 Å². The van der Waals surface area contributed by atoms with E-state index in [2.05, 4.69) is 41.7 Å². The minimum Gasteiger partial charge on any atom is -0.505 e. The first-order valence-electron chi connectivity index (χ1n) is 23.8. The van der Waals surface area contributed by atoms with E-state index in [0.29, 0.717) is 61.4 Å². The molecule has 10 rings (SSSR count). The smallest absolute Gasteiger partial charge is 0.259 e. The molecule has 1 aliphatic heterocycles. The molecule has 1 aliphatic rings. The lowest BCUT2D eigenvalue weighted by atomic mass is 10.00. The van der Waals surface area contributed by atoms with Crippen molar-refractivity contribution >= 4 is 84.8 Å². The van der Waals surface area contributed by atoms with Crippen LogP contribution >= 0.6 is 0 Å². The number of azo groups is 2. The number of nitrogens with one attached hydrogen (secondary N) is 4. The topological polar surface area (TPSA) is 217 Å². The standard InChI is InChI=1S/C59H48N8O8/c1-34-45(62-58(71)43-29-35-15-10-12-21-41(35)53(55(43)68)66-64-47-31-37(25-27-49(47)73-2)51-33-52(75-51)60-39-17-6-4-7-18-39)23-14-24-46(34)63-59(72)44-30-36-16-11-13-22-42(36)54(56(44)69)67-65-48-32-38(26-28-50(48)74-3)57(70)61-40-19-8-5-9-20-40/h4-32,51-52,60,68-69H,33H2,1-3H3,(H,61,70)(H,62,71)(H,63,72). The lowest BCUT2D eigenvalue weighted by molar-refractivity contribution is -0.111. The largest absolute Gasteiger partial charge is 0.505 e. The number of ether oxygens (including phenoxy) is 3. The van der Waals surface area contributed by atoms with Crippen molar-refractivity contribution in [2.75, 3.05) is 35.5 Å². The quantitative estimate of drug-likeness (QED) is 0.0538. The van der Waals surface area contributed by atoms with E-state index in [0.717, 1.165) is 17.7 Å². The van der Waals surface area contributed by atoms with Gasteiger partial charge < -0.3 is 45.7 Å². The second kappa shape index (κ2) is 21.4. The number of hydrogen-bond donors (Lipinski definition) is 6. The van der Waals surface area contributed by atoms with Crippen molar-refractivity contribution in [1.82, 2.24) is 0 Å². The molecule has 2 atom stereocenters. The van der Waals surface area contributed by atoms with Crippen molar-refractivity contribution in [3.05, 3.63) is 204 Å². The molecule has 9 aromatic rings. The normalized spacial score (nSPS) is 14.1. The van der Waals surface area contributed by atoms with Crippen LogP contribution in [0.3, 0.4) is 0 Å². The van der Waals surface area contributed by atoms with Gasteiger partial charge in [-0.25, -0.2) is 0 Å². The Bertz CT molecular complexity index is 3710. The van der Waals surface area contributed by atoms with Crippen LogP contribution in [-0.2, 0) is 4.74 Å². The monoisotopic (exact) mass is 996 g/mol. The molecule has 9 aromatic carbocycles. The highest BCUT2D eigenvalue weighted by atomic mass is 16.5. The second-order valence-electron chi connectivity index (χ2n) is 17.5. The fraction of sp³-hybridized carbons (Fsp3) is 0.102. The zero-order valence-electron chi connectivity index (χ0n) is 40.7. The number of aromatic hydroxyl groups is 2. The molecular formula is C59H48N8O8. The molecule has 6 N–H and O–H groups in total. The summed E-state index contributed by atoms with van der Waals surface area (Å²) in [6.07, 6.45) is 0.390. The number of phenolic OH excluding ortho intramolecular Hbond substituents is 2. The number of amides is 3. The Balaban J connectivity index is 0.885. The van der Waals surface area contributed by atoms with Crippen molar-refractivity contribution in [2.45, 2.75) is 25.7 Å². The van der Waals surface area contributed by atoms with Gasteiger partial charge >= 0.3 is 0 Å². The minimum atomic E-state index is -0.674. The molecule has 1 saturated heterocycles. The van der Waals surface area contributed by atoms with Crippen LogP contribution in [0, 0.1) is 6.92 Å². The summed E-state index contributed by atoms with van der Waals surface area (Å²) in [5.41, 5.74) is 4.39. The van der Waals surface area contributed by atoms with Crippen LogP contribution in [0.1, 0.15) is 54.7 Å². The zero-order valence-corrected chi connectivity index (χ0v) is 40.7. The van der Waals surface area contributed by atoms with Gasteiger partial charge in [-0.05, 0) is 108 Å². The third kappa shape index (κ3) is 10.4. The summed E-state index contributed by atoms with van der Waals surface area (Å²) in [5, 5.41) is 55.7. The SMILES string of the molecule is COc1ccc(C(=O)Nc2ccccc2)cc1N=Nc1c(O)c(C(=O)Nc2cccc(NC(=O)c3cc4ccccc4c(N=Nc4cc(C5CC(Nc6ccccc6)O5)ccc4OC)c3O)c2C)cc2ccccc12. The van der Waals surface area contributed by atoms with Crippen LogP contribution in [0.2, 0.25) is 0 Å². The molecule has 3 amide bonds. The molecule has 2 unspecified atom stereocenters. The first-order chi connectivity index (χ1) is 36.5. The van der Waals surface area contributed by atoms with Crippen molar-refractivity contribution < 1.29 is 38.8 Å². The van der Waals surface area contributed by atoms with Gasteiger partial charge in [0.25, 0.3) is 17.7 Å². The van der Waals surface area contributed by atoms with E-state index in [9.17, 15) is 24.6 Å². The van der Waals surface area contributed by atoms with Gasteiger partial charge in [0.1, 0.15) is 40.5 Å². The predicted octanol–water partition coefficient (Wildman–Crippen LogP) is 14.2. The molecule has 0 bridgehead atoms. The highest BCUT2D eigenvalue weighted by Crippen LogP contribution is 2.44. The van der Waals surface area contributed by atoms with E-state index in [1.54, 1.807) is 110 Å². The number of para-hydroxylation sites is 2. The molecule has 16 heteroatoms. The molecule has 0 saturated carbocycles. The van der Waals surface area contributed by atoms with E-state index in [-0.39, 0.29) is 52.0 Å². The molecule has 1 heterocycles. The van der Waals surface area contributed by atoms with Gasteiger partial charge in [-0.15, -0.1) is 20.5 Å². The van der Waals surface area contributed by atoms with E-state index >= 15 is 0 Å². The van der Waals surface area contributed by atoms with Gasteiger partial charge in [0.05, 0.1) is 31.5 Å². The number of nitrogens with zero attached hydrogens (tertiary/aromatic N) is 4. The summed E-state index contributed by atoms with van der Waals surface area (Å²) in [6.45, 7) is 1.71. The molecular weight excluding hydrogens is 949 g/mol. The summed E-state index contributed by atoms with van der Waals surface area (Å²) in [6, 6.07) is 51.4. The van der Waals surface area contributed by atoms with E-state index in [4.69, 9.17) is 14.2 Å². The summed E-state index contributed by atoms with van der Waals surface area (Å²) in [7, 11) is 2.99. The van der Waals surface area contributed by atoms with Gasteiger partial charge in [-0.2, -0.15) is 0 Å². The number of methoxy groups -OCH3 is 2. The Morgan fingerprint density at radius 2 is 1.03 bits per heavy atom. The Morgan fingerprint density at radius 1 is 0.533 bits per heavy atom. The van der Waals surface area contributed by atoms with Crippen LogP contribution in [-0.4, -0.2) is 48.4 Å². The highest BCUT2D eigenvalue weighted by molar-refractivity contribution is 6.14. The summed E-state index contributed by atoms with van der Waals surface area (Å²) < 4.78 is 17.3. The average Bonchev–Trinajstić information content (AvgIpc) is 3.42. The zero-order chi connectivity index (χ0) is 52.0. The maximum Gasteiger partial charge on any atom is 0.259 e. The first kappa shape index (κ1) is 48.7. The molecule has 372 valence electrons. The number of rotatable bonds is 15. The van der Waals surface area contributed by atoms with Gasteiger partial charge in [-0.1, -0.05) is 97.1 Å². The molecule has 0 spiro atoms. The first-order valence-corrected chi connectivity index (χ1v) is 23.8. The average molecular weight is 997 g/mol. The minimum absolute atomic E-state index is 0.00723. The van der Waals surface area contributed by atoms with Gasteiger partial charge in [0, 0.05) is 45.5 Å². The Kier molecular flexibility index (Phi) is 13.9. The number of hydrogen-bond acceptors (Lipinski definition) is 13. The summed E-state index contributed by atoms with van der Waals surface area (Å²) >= 11 is 0. The van der Waals surface area contributed by atoms with Crippen LogP contribution < -0.4 is 30.7 Å². The number of benzene rings is 9. The lowest BCUT2D eigenvalue weighted by Gasteiger charge is -2.37. The molecule has 16 nitrogen and oxygen atoms in total. The molecule has 0 aromatic heterocycles. The predicted molar refractivity (Wildman–Crippen MR) is 289 cm³/mol. The van der Waals surface area contributed by atoms with Gasteiger partial charge in [0.15, 0.2) is 11.5 Å². The van der Waals surface area contributed by atoms with Crippen molar-refractivity contribution in [2.24, 2.45) is 20.5 Å². The summed E-state index contributed by atoms with van der Waals surface area (Å²) in [4.78, 5) is 41.5. The Hall–Kier alpha value is -9.93. The van der Waals surface area contributed by atoms with Crippen LogP contribution in [0.4, 0.5) is 45.5 Å². The highest BCUT2D eigenvalue weighted by Gasteiger charge is 2.32. The fourth-order valence-corrected chi connectivity index (χ4v) is 8.71. The molecule has 0 aliphatic carbocycles. The summed E-state index contributed by atoms with van der Waals surface area (Å²) in [5.74, 6) is -1.78. The van der Waals surface area contributed by atoms with Crippen LogP contribution in [0.25, 0.3) is 21.5 Å². The van der Waals surface area contributed by atoms with Crippen molar-refractivity contribution in [1.29, 1.82) is 0 Å². The van der Waals surface area contributed by atoms with Crippen LogP contribution in [0.5, 0.6) is 23.0 Å². The fourth-order valence-electron chi connectivity index (χ4n) is 8.71. The number of phenols is 2. The lowest BCUT2D eigenvalue weighted by Crippen LogP contribution is -2.37. The van der Waals surface area contributed by atoms with E-state index in [1.807, 2.05) is 66.7 Å². The maximum atomic E-state index is 14.2. The number of fused-ring (bicyclic) bond motifs is 2. The second-order valence-corrected chi connectivity index (χ2v) is 17.5. The third-order valence-electron chi connectivity index (χ3n) is 12.7. The number of carbonyl (C=O) groups is 3. The maximum absolute atomic E-state index is 14.2. The number of anilines is 4. The van der Waals surface area contributed by atoms with E-state index < -0.39 is 23.3 Å². The Labute approximate surface area is 430 Å². The molecule has 75 heavy (non-hydrogen) atoms. The molecule has 1 fully saturated rings. The van der Waals surface area contributed by atoms with Gasteiger partial charge in [0.2, 0.25) is 0 Å². The van der Waals surface area contributed by atoms with Crippen molar-refractivity contribution in [3.8, 4) is 23.0 Å². The molecule has 0 radical (unpaired) electrons. The Morgan fingerprint density at radius 3 is 1.57 bits per heavy atom. The third-order valence-corrected chi connectivity index (χ3v) is 12.7. The van der Waals surface area contributed by atoms with Crippen molar-refractivity contribution in [3.63, 3.8) is 0 Å². The number of carbonyl (C=O) groups excluding carboxylic acids is 3. The van der Waals surface area contributed by atoms with Crippen LogP contribution in [0.15, 0.2) is 196 Å².